The number of fused-ring (bicyclic) bond motifs is 1. The molecule has 0 aliphatic heterocycles. The van der Waals surface area contributed by atoms with E-state index in [9.17, 15) is 9.59 Å². The highest BCUT2D eigenvalue weighted by molar-refractivity contribution is 6.06. The molecule has 1 aromatic heterocycles. The van der Waals surface area contributed by atoms with Gasteiger partial charge in [0.1, 0.15) is 5.75 Å². The van der Waals surface area contributed by atoms with Gasteiger partial charge in [-0.3, -0.25) is 4.79 Å². The van der Waals surface area contributed by atoms with E-state index < -0.39 is 0 Å². The SMILES string of the molecule is CCOC(=O)c1c(C)n(C)c2ccc(OC(=O)CC)cc12. The summed E-state index contributed by atoms with van der Waals surface area (Å²) < 4.78 is 12.3. The van der Waals surface area contributed by atoms with Gasteiger partial charge >= 0.3 is 11.9 Å². The van der Waals surface area contributed by atoms with Crippen molar-refractivity contribution in [3.05, 3.63) is 29.5 Å². The van der Waals surface area contributed by atoms with Crippen molar-refractivity contribution in [1.29, 1.82) is 0 Å². The predicted octanol–water partition coefficient (Wildman–Crippen LogP) is 2.98. The van der Waals surface area contributed by atoms with Crippen LogP contribution in [0.2, 0.25) is 0 Å². The van der Waals surface area contributed by atoms with Crippen molar-refractivity contribution >= 4 is 22.8 Å². The molecule has 0 saturated carbocycles. The molecule has 0 N–H and O–H groups in total. The molecule has 2 aromatic rings. The monoisotopic (exact) mass is 289 g/mol. The second-order valence-electron chi connectivity index (χ2n) is 4.75. The lowest BCUT2D eigenvalue weighted by atomic mass is 10.1. The van der Waals surface area contributed by atoms with Gasteiger partial charge in [0.2, 0.25) is 0 Å². The summed E-state index contributed by atoms with van der Waals surface area (Å²) in [7, 11) is 1.89. The summed E-state index contributed by atoms with van der Waals surface area (Å²) >= 11 is 0. The summed E-state index contributed by atoms with van der Waals surface area (Å²) in [4.78, 5) is 23.5. The molecule has 112 valence electrons. The zero-order chi connectivity index (χ0) is 15.6. The summed E-state index contributed by atoms with van der Waals surface area (Å²) in [6.07, 6.45) is 0.302. The first-order chi connectivity index (χ1) is 9.99. The molecule has 0 unspecified atom stereocenters. The Labute approximate surface area is 123 Å². The third-order valence-corrected chi connectivity index (χ3v) is 3.46. The van der Waals surface area contributed by atoms with E-state index in [4.69, 9.17) is 9.47 Å². The van der Waals surface area contributed by atoms with E-state index in [-0.39, 0.29) is 11.9 Å². The van der Waals surface area contributed by atoms with Crippen LogP contribution in [0.3, 0.4) is 0 Å². The van der Waals surface area contributed by atoms with Crippen molar-refractivity contribution in [3.8, 4) is 5.75 Å². The van der Waals surface area contributed by atoms with Crippen LogP contribution in [0.15, 0.2) is 18.2 Å². The fourth-order valence-electron chi connectivity index (χ4n) is 2.28. The Hall–Kier alpha value is -2.30. The summed E-state index contributed by atoms with van der Waals surface area (Å²) in [6.45, 7) is 5.69. The van der Waals surface area contributed by atoms with Crippen LogP contribution < -0.4 is 4.74 Å². The third kappa shape index (κ3) is 2.77. The molecule has 0 fully saturated rings. The van der Waals surface area contributed by atoms with Crippen LogP contribution in [0.4, 0.5) is 0 Å². The summed E-state index contributed by atoms with van der Waals surface area (Å²) in [6, 6.07) is 5.27. The Morgan fingerprint density at radius 1 is 1.24 bits per heavy atom. The minimum absolute atomic E-state index is 0.302. The molecule has 0 aliphatic carbocycles. The smallest absolute Gasteiger partial charge is 0.340 e. The van der Waals surface area contributed by atoms with E-state index in [1.54, 1.807) is 26.0 Å². The van der Waals surface area contributed by atoms with Gasteiger partial charge in [-0.25, -0.2) is 4.79 Å². The van der Waals surface area contributed by atoms with Gasteiger partial charge < -0.3 is 14.0 Å². The Morgan fingerprint density at radius 2 is 1.95 bits per heavy atom. The van der Waals surface area contributed by atoms with E-state index in [1.807, 2.05) is 24.6 Å². The van der Waals surface area contributed by atoms with Crippen LogP contribution in [0.1, 0.15) is 36.3 Å². The number of rotatable bonds is 4. The van der Waals surface area contributed by atoms with Crippen LogP contribution in [-0.4, -0.2) is 23.1 Å². The van der Waals surface area contributed by atoms with Gasteiger partial charge in [0, 0.05) is 30.1 Å². The number of hydrogen-bond donors (Lipinski definition) is 0. The maximum Gasteiger partial charge on any atom is 0.340 e. The van der Waals surface area contributed by atoms with Crippen molar-refractivity contribution in [1.82, 2.24) is 4.57 Å². The average Bonchev–Trinajstić information content (AvgIpc) is 2.70. The number of ether oxygens (including phenoxy) is 2. The van der Waals surface area contributed by atoms with E-state index in [1.165, 1.54) is 0 Å². The molecular formula is C16H19NO4. The minimum atomic E-state index is -0.362. The van der Waals surface area contributed by atoms with Crippen molar-refractivity contribution < 1.29 is 19.1 Å². The Bertz CT molecular complexity index is 700. The molecule has 21 heavy (non-hydrogen) atoms. The van der Waals surface area contributed by atoms with Gasteiger partial charge in [-0.1, -0.05) is 6.92 Å². The lowest BCUT2D eigenvalue weighted by Gasteiger charge is -2.04. The topological polar surface area (TPSA) is 57.5 Å². The number of aryl methyl sites for hydroxylation is 1. The summed E-state index contributed by atoms with van der Waals surface area (Å²) in [5.41, 5.74) is 2.23. The molecule has 0 aliphatic rings. The average molecular weight is 289 g/mol. The number of benzene rings is 1. The van der Waals surface area contributed by atoms with Gasteiger partial charge in [-0.15, -0.1) is 0 Å². The quantitative estimate of drug-likeness (QED) is 0.641. The standard InChI is InChI=1S/C16H19NO4/c1-5-14(18)21-11-7-8-13-12(9-11)15(10(3)17(13)4)16(19)20-6-2/h7-9H,5-6H2,1-4H3. The number of hydrogen-bond acceptors (Lipinski definition) is 4. The highest BCUT2D eigenvalue weighted by Gasteiger charge is 2.20. The van der Waals surface area contributed by atoms with E-state index in [2.05, 4.69) is 0 Å². The Balaban J connectivity index is 2.56. The predicted molar refractivity (Wildman–Crippen MR) is 79.5 cm³/mol. The van der Waals surface area contributed by atoms with Gasteiger partial charge in [0.25, 0.3) is 0 Å². The first-order valence-electron chi connectivity index (χ1n) is 6.96. The number of carbonyl (C=O) groups is 2. The molecule has 0 bridgehead atoms. The van der Waals surface area contributed by atoms with Crippen LogP contribution in [0, 0.1) is 6.92 Å². The summed E-state index contributed by atoms with van der Waals surface area (Å²) in [5, 5.41) is 0.731. The number of carbonyl (C=O) groups excluding carboxylic acids is 2. The molecule has 2 rings (SSSR count). The number of aromatic nitrogens is 1. The van der Waals surface area contributed by atoms with E-state index in [0.717, 1.165) is 16.6 Å². The highest BCUT2D eigenvalue weighted by atomic mass is 16.5. The van der Waals surface area contributed by atoms with Crippen molar-refractivity contribution in [2.24, 2.45) is 7.05 Å². The number of esters is 2. The van der Waals surface area contributed by atoms with Gasteiger partial charge in [-0.05, 0) is 32.0 Å². The molecule has 1 heterocycles. The first-order valence-corrected chi connectivity index (χ1v) is 6.96. The molecule has 0 radical (unpaired) electrons. The van der Waals surface area contributed by atoms with E-state index in [0.29, 0.717) is 24.3 Å². The van der Waals surface area contributed by atoms with E-state index >= 15 is 0 Å². The van der Waals surface area contributed by atoms with Crippen molar-refractivity contribution in [2.75, 3.05) is 6.61 Å². The molecule has 0 saturated heterocycles. The summed E-state index contributed by atoms with van der Waals surface area (Å²) in [5.74, 6) is -0.232. The maximum atomic E-state index is 12.1. The minimum Gasteiger partial charge on any atom is -0.462 e. The molecule has 0 spiro atoms. The lowest BCUT2D eigenvalue weighted by Crippen LogP contribution is -2.07. The molecule has 0 atom stereocenters. The zero-order valence-corrected chi connectivity index (χ0v) is 12.7. The zero-order valence-electron chi connectivity index (χ0n) is 12.7. The highest BCUT2D eigenvalue weighted by Crippen LogP contribution is 2.29. The maximum absolute atomic E-state index is 12.1. The van der Waals surface area contributed by atoms with Crippen LogP contribution in [0.25, 0.3) is 10.9 Å². The third-order valence-electron chi connectivity index (χ3n) is 3.46. The molecule has 0 amide bonds. The lowest BCUT2D eigenvalue weighted by molar-refractivity contribution is -0.134. The Morgan fingerprint density at radius 3 is 2.57 bits per heavy atom. The first kappa shape index (κ1) is 15.1. The molecule has 5 heteroatoms. The normalized spacial score (nSPS) is 10.7. The second kappa shape index (κ2) is 5.99. The molecule has 1 aromatic carbocycles. The van der Waals surface area contributed by atoms with Crippen molar-refractivity contribution in [2.45, 2.75) is 27.2 Å². The molecular weight excluding hydrogens is 270 g/mol. The van der Waals surface area contributed by atoms with Gasteiger partial charge in [0.15, 0.2) is 0 Å². The van der Waals surface area contributed by atoms with Gasteiger partial charge in [0.05, 0.1) is 12.2 Å². The largest absolute Gasteiger partial charge is 0.462 e. The van der Waals surface area contributed by atoms with Gasteiger partial charge in [-0.2, -0.15) is 0 Å². The van der Waals surface area contributed by atoms with Crippen LogP contribution >= 0.6 is 0 Å². The van der Waals surface area contributed by atoms with Crippen LogP contribution in [0.5, 0.6) is 5.75 Å². The fourth-order valence-corrected chi connectivity index (χ4v) is 2.28. The second-order valence-corrected chi connectivity index (χ2v) is 4.75. The number of nitrogens with zero attached hydrogens (tertiary/aromatic N) is 1. The molecule has 5 nitrogen and oxygen atoms in total. The van der Waals surface area contributed by atoms with Crippen molar-refractivity contribution in [3.63, 3.8) is 0 Å². The fraction of sp³-hybridized carbons (Fsp3) is 0.375. The van der Waals surface area contributed by atoms with Crippen LogP contribution in [-0.2, 0) is 16.6 Å². The Kier molecular flexibility index (Phi) is 4.31.